The zero-order valence-corrected chi connectivity index (χ0v) is 12.2. The van der Waals surface area contributed by atoms with Gasteiger partial charge >= 0.3 is 0 Å². The highest BCUT2D eigenvalue weighted by atomic mass is 16.3. The number of aliphatic hydroxyl groups is 1. The first-order valence-electron chi connectivity index (χ1n) is 6.99. The Balaban J connectivity index is 2.53. The smallest absolute Gasteiger partial charge is 0.0434 e. The molecule has 2 unspecified atom stereocenters. The van der Waals surface area contributed by atoms with Crippen molar-refractivity contribution < 1.29 is 5.11 Å². The summed E-state index contributed by atoms with van der Waals surface area (Å²) < 4.78 is 0. The summed E-state index contributed by atoms with van der Waals surface area (Å²) in [6.07, 6.45) is 2.01. The van der Waals surface area contributed by atoms with Crippen molar-refractivity contribution in [3.8, 4) is 0 Å². The zero-order valence-electron chi connectivity index (χ0n) is 12.2. The Kier molecular flexibility index (Phi) is 6.37. The maximum atomic E-state index is 8.99. The Bertz CT molecular complexity index is 362. The van der Waals surface area contributed by atoms with E-state index in [4.69, 9.17) is 5.11 Å². The van der Waals surface area contributed by atoms with Crippen molar-refractivity contribution >= 4 is 0 Å². The van der Waals surface area contributed by atoms with E-state index < -0.39 is 0 Å². The Morgan fingerprint density at radius 3 is 2.50 bits per heavy atom. The number of hydrogen-bond donors (Lipinski definition) is 2. The van der Waals surface area contributed by atoms with Crippen LogP contribution in [0.15, 0.2) is 18.2 Å². The molecule has 0 fully saturated rings. The molecular weight excluding hydrogens is 222 g/mol. The molecule has 0 aliphatic carbocycles. The molecule has 0 aromatic heterocycles. The first-order valence-corrected chi connectivity index (χ1v) is 6.99. The van der Waals surface area contributed by atoms with Crippen LogP contribution < -0.4 is 5.32 Å². The fourth-order valence-corrected chi connectivity index (χ4v) is 2.13. The summed E-state index contributed by atoms with van der Waals surface area (Å²) in [7, 11) is 0. The minimum Gasteiger partial charge on any atom is -0.396 e. The van der Waals surface area contributed by atoms with Gasteiger partial charge in [-0.05, 0) is 56.3 Å². The lowest BCUT2D eigenvalue weighted by atomic mass is 9.99. The van der Waals surface area contributed by atoms with E-state index in [0.29, 0.717) is 12.0 Å². The second-order valence-corrected chi connectivity index (χ2v) is 5.26. The summed E-state index contributed by atoms with van der Waals surface area (Å²) >= 11 is 0. The molecule has 18 heavy (non-hydrogen) atoms. The molecule has 0 saturated carbocycles. The van der Waals surface area contributed by atoms with Crippen molar-refractivity contribution in [3.63, 3.8) is 0 Å². The molecule has 0 bridgehead atoms. The molecule has 2 nitrogen and oxygen atoms in total. The monoisotopic (exact) mass is 249 g/mol. The summed E-state index contributed by atoms with van der Waals surface area (Å²) in [5.41, 5.74) is 4.04. The van der Waals surface area contributed by atoms with Crippen molar-refractivity contribution in [2.75, 3.05) is 13.2 Å². The lowest BCUT2D eigenvalue weighted by molar-refractivity contribution is 0.249. The van der Waals surface area contributed by atoms with Crippen LogP contribution >= 0.6 is 0 Å². The third-order valence-corrected chi connectivity index (χ3v) is 3.86. The number of nitrogens with one attached hydrogen (secondary N) is 1. The van der Waals surface area contributed by atoms with Crippen molar-refractivity contribution in [1.29, 1.82) is 0 Å². The Labute approximate surface area is 111 Å². The van der Waals surface area contributed by atoms with Gasteiger partial charge in [-0.3, -0.25) is 0 Å². The largest absolute Gasteiger partial charge is 0.396 e. The average molecular weight is 249 g/mol. The van der Waals surface area contributed by atoms with E-state index in [1.807, 2.05) is 0 Å². The third-order valence-electron chi connectivity index (χ3n) is 3.86. The molecule has 0 amide bonds. The standard InChI is InChI=1S/C16H27NO/c1-5-15(8-9-18)11-17-14(4)16-7-6-12(2)13(3)10-16/h6-7,10,14-15,17-18H,5,8-9,11H2,1-4H3. The van der Waals surface area contributed by atoms with Gasteiger partial charge in [0.2, 0.25) is 0 Å². The maximum Gasteiger partial charge on any atom is 0.0434 e. The molecule has 0 saturated heterocycles. The van der Waals surface area contributed by atoms with Gasteiger partial charge in [0.15, 0.2) is 0 Å². The average Bonchev–Trinajstić information content (AvgIpc) is 2.37. The number of hydrogen-bond acceptors (Lipinski definition) is 2. The highest BCUT2D eigenvalue weighted by molar-refractivity contribution is 5.31. The number of aliphatic hydroxyl groups excluding tert-OH is 1. The predicted octanol–water partition coefficient (Wildman–Crippen LogP) is 3.36. The second kappa shape index (κ2) is 7.55. The topological polar surface area (TPSA) is 32.3 Å². The molecule has 0 radical (unpaired) electrons. The van der Waals surface area contributed by atoms with E-state index in [1.165, 1.54) is 16.7 Å². The van der Waals surface area contributed by atoms with Crippen LogP contribution in [0, 0.1) is 19.8 Å². The van der Waals surface area contributed by atoms with Gasteiger partial charge in [-0.15, -0.1) is 0 Å². The van der Waals surface area contributed by atoms with Crippen LogP contribution in [-0.2, 0) is 0 Å². The molecule has 0 heterocycles. The van der Waals surface area contributed by atoms with Gasteiger partial charge in [0.25, 0.3) is 0 Å². The third kappa shape index (κ3) is 4.43. The molecule has 102 valence electrons. The highest BCUT2D eigenvalue weighted by Gasteiger charge is 2.10. The van der Waals surface area contributed by atoms with Crippen LogP contribution in [0.4, 0.5) is 0 Å². The lowest BCUT2D eigenvalue weighted by Crippen LogP contribution is -2.26. The van der Waals surface area contributed by atoms with E-state index in [0.717, 1.165) is 19.4 Å². The molecule has 0 spiro atoms. The van der Waals surface area contributed by atoms with Crippen molar-refractivity contribution in [3.05, 3.63) is 34.9 Å². The van der Waals surface area contributed by atoms with E-state index in [9.17, 15) is 0 Å². The van der Waals surface area contributed by atoms with Crippen LogP contribution in [0.1, 0.15) is 49.4 Å². The summed E-state index contributed by atoms with van der Waals surface area (Å²) in [5.74, 6) is 0.573. The van der Waals surface area contributed by atoms with Gasteiger partial charge in [-0.2, -0.15) is 0 Å². The summed E-state index contributed by atoms with van der Waals surface area (Å²) in [6, 6.07) is 7.03. The fraction of sp³-hybridized carbons (Fsp3) is 0.625. The lowest BCUT2D eigenvalue weighted by Gasteiger charge is -2.20. The normalized spacial score (nSPS) is 14.5. The first-order chi connectivity index (χ1) is 8.58. The van der Waals surface area contributed by atoms with E-state index in [1.54, 1.807) is 0 Å². The number of rotatable bonds is 7. The molecule has 2 N–H and O–H groups in total. The summed E-state index contributed by atoms with van der Waals surface area (Å²) in [5, 5.41) is 12.6. The SMILES string of the molecule is CCC(CCO)CNC(C)c1ccc(C)c(C)c1. The molecule has 1 rings (SSSR count). The van der Waals surface area contributed by atoms with Crippen LogP contribution in [0.5, 0.6) is 0 Å². The molecule has 1 aromatic carbocycles. The molecule has 0 aliphatic heterocycles. The fourth-order valence-electron chi connectivity index (χ4n) is 2.13. The van der Waals surface area contributed by atoms with E-state index in [2.05, 4.69) is 51.2 Å². The summed E-state index contributed by atoms with van der Waals surface area (Å²) in [4.78, 5) is 0. The van der Waals surface area contributed by atoms with Crippen molar-refractivity contribution in [1.82, 2.24) is 5.32 Å². The Hall–Kier alpha value is -0.860. The van der Waals surface area contributed by atoms with Gasteiger partial charge in [-0.25, -0.2) is 0 Å². The van der Waals surface area contributed by atoms with Gasteiger partial charge in [0.05, 0.1) is 0 Å². The molecule has 1 aromatic rings. The summed E-state index contributed by atoms with van der Waals surface area (Å²) in [6.45, 7) is 9.96. The molecule has 2 atom stereocenters. The minimum absolute atomic E-state index is 0.290. The molecule has 0 aliphatic rings. The van der Waals surface area contributed by atoms with Crippen molar-refractivity contribution in [2.24, 2.45) is 5.92 Å². The number of aryl methyl sites for hydroxylation is 2. The van der Waals surface area contributed by atoms with E-state index in [-0.39, 0.29) is 6.61 Å². The van der Waals surface area contributed by atoms with Crippen LogP contribution in [-0.4, -0.2) is 18.3 Å². The zero-order chi connectivity index (χ0) is 13.5. The Morgan fingerprint density at radius 1 is 1.22 bits per heavy atom. The molecule has 2 heteroatoms. The minimum atomic E-state index is 0.290. The van der Waals surface area contributed by atoms with Gasteiger partial charge < -0.3 is 10.4 Å². The van der Waals surface area contributed by atoms with Gasteiger partial charge in [-0.1, -0.05) is 31.5 Å². The van der Waals surface area contributed by atoms with Crippen LogP contribution in [0.3, 0.4) is 0 Å². The second-order valence-electron chi connectivity index (χ2n) is 5.26. The van der Waals surface area contributed by atoms with E-state index >= 15 is 0 Å². The van der Waals surface area contributed by atoms with Crippen LogP contribution in [0.2, 0.25) is 0 Å². The first kappa shape index (κ1) is 15.2. The quantitative estimate of drug-likeness (QED) is 0.776. The van der Waals surface area contributed by atoms with Crippen LogP contribution in [0.25, 0.3) is 0 Å². The molecular formula is C16H27NO. The predicted molar refractivity (Wildman–Crippen MR) is 77.8 cm³/mol. The maximum absolute atomic E-state index is 8.99. The highest BCUT2D eigenvalue weighted by Crippen LogP contribution is 2.17. The van der Waals surface area contributed by atoms with Crippen molar-refractivity contribution in [2.45, 2.75) is 46.6 Å². The van der Waals surface area contributed by atoms with Gasteiger partial charge in [0.1, 0.15) is 0 Å². The number of benzene rings is 1. The Morgan fingerprint density at radius 2 is 1.94 bits per heavy atom. The van der Waals surface area contributed by atoms with Gasteiger partial charge in [0, 0.05) is 12.6 Å².